The van der Waals surface area contributed by atoms with Crippen LogP contribution in [0.5, 0.6) is 0 Å². The molecule has 4 aromatic rings. The van der Waals surface area contributed by atoms with Crippen molar-refractivity contribution in [2.24, 2.45) is 5.92 Å². The van der Waals surface area contributed by atoms with Crippen molar-refractivity contribution < 1.29 is 13.0 Å². The normalized spacial score (nSPS) is 11.9. The molecule has 0 bridgehead atoms. The summed E-state index contributed by atoms with van der Waals surface area (Å²) in [7, 11) is -3.96. The zero-order valence-electron chi connectivity index (χ0n) is 17.2. The van der Waals surface area contributed by atoms with Crippen molar-refractivity contribution in [2.75, 3.05) is 0 Å². The largest absolute Gasteiger partial charge is 0.429 e. The Hall–Kier alpha value is -2.78. The minimum Gasteiger partial charge on any atom is -0.429 e. The van der Waals surface area contributed by atoms with Gasteiger partial charge in [-0.1, -0.05) is 48.0 Å². The second kappa shape index (κ2) is 8.76. The summed E-state index contributed by atoms with van der Waals surface area (Å²) in [4.78, 5) is 9.28. The van der Waals surface area contributed by atoms with Gasteiger partial charge in [-0.3, -0.25) is 0 Å². The van der Waals surface area contributed by atoms with E-state index in [1.807, 2.05) is 41.5 Å². The van der Waals surface area contributed by atoms with Crippen LogP contribution in [0.25, 0.3) is 21.6 Å². The number of imidazole rings is 1. The van der Waals surface area contributed by atoms with Crippen molar-refractivity contribution >= 4 is 42.8 Å². The average molecular weight is 500 g/mol. The Bertz CT molecular complexity index is 1320. The summed E-state index contributed by atoms with van der Waals surface area (Å²) in [5.41, 5.74) is 1.25. The SMILES string of the molecule is CC(C)CC[n+]1ccn(-c2nc3ccccc3nc2[N-]S(=O)(=O)c2ccc(Br)cc2)c1. The van der Waals surface area contributed by atoms with Gasteiger partial charge in [-0.15, -0.1) is 0 Å². The lowest BCUT2D eigenvalue weighted by Gasteiger charge is -2.18. The number of sulfonamides is 1. The van der Waals surface area contributed by atoms with E-state index < -0.39 is 10.0 Å². The van der Waals surface area contributed by atoms with Crippen LogP contribution in [0.15, 0.2) is 76.6 Å². The zero-order valence-corrected chi connectivity index (χ0v) is 19.6. The fraction of sp³-hybridized carbons (Fsp3) is 0.227. The summed E-state index contributed by atoms with van der Waals surface area (Å²) in [6, 6.07) is 13.7. The third kappa shape index (κ3) is 4.94. The van der Waals surface area contributed by atoms with E-state index in [4.69, 9.17) is 0 Å². The molecule has 4 rings (SSSR count). The molecule has 0 radical (unpaired) electrons. The van der Waals surface area contributed by atoms with Gasteiger partial charge in [0.15, 0.2) is 0 Å². The second-order valence-electron chi connectivity index (χ2n) is 7.62. The van der Waals surface area contributed by atoms with Crippen LogP contribution in [0, 0.1) is 5.92 Å². The molecule has 2 aromatic carbocycles. The molecule has 0 N–H and O–H groups in total. The first-order valence-corrected chi connectivity index (χ1v) is 12.1. The van der Waals surface area contributed by atoms with Gasteiger partial charge in [-0.25, -0.2) is 18.0 Å². The second-order valence-corrected chi connectivity index (χ2v) is 10.1. The summed E-state index contributed by atoms with van der Waals surface area (Å²) < 4.78 is 34.5. The summed E-state index contributed by atoms with van der Waals surface area (Å²) >= 11 is 3.32. The molecule has 2 aromatic heterocycles. The highest BCUT2D eigenvalue weighted by molar-refractivity contribution is 9.10. The molecule has 0 saturated heterocycles. The van der Waals surface area contributed by atoms with Gasteiger partial charge in [0.05, 0.1) is 17.0 Å². The predicted molar refractivity (Wildman–Crippen MR) is 123 cm³/mol. The van der Waals surface area contributed by atoms with Crippen LogP contribution in [-0.4, -0.2) is 23.0 Å². The molecular formula is C22H22BrN5O2S. The van der Waals surface area contributed by atoms with Crippen LogP contribution < -0.4 is 4.57 Å². The number of hydrogen-bond acceptors (Lipinski definition) is 4. The predicted octanol–water partition coefficient (Wildman–Crippen LogP) is 4.91. The van der Waals surface area contributed by atoms with Gasteiger partial charge in [0.2, 0.25) is 22.2 Å². The maximum absolute atomic E-state index is 13.0. The molecule has 0 aliphatic carbocycles. The van der Waals surface area contributed by atoms with Gasteiger partial charge < -0.3 is 9.71 Å². The highest BCUT2D eigenvalue weighted by Crippen LogP contribution is 2.32. The average Bonchev–Trinajstić information content (AvgIpc) is 3.20. The Balaban J connectivity index is 1.76. The lowest BCUT2D eigenvalue weighted by molar-refractivity contribution is -0.697. The quantitative estimate of drug-likeness (QED) is 0.338. The van der Waals surface area contributed by atoms with Crippen LogP contribution in [0.1, 0.15) is 20.3 Å². The number of halogens is 1. The number of aryl methyl sites for hydroxylation is 1. The number of para-hydroxylation sites is 2. The number of benzene rings is 2. The van der Waals surface area contributed by atoms with Gasteiger partial charge >= 0.3 is 0 Å². The first-order chi connectivity index (χ1) is 14.8. The minimum absolute atomic E-state index is 0.0493. The van der Waals surface area contributed by atoms with E-state index >= 15 is 0 Å². The first kappa shape index (κ1) is 21.5. The molecule has 0 unspecified atom stereocenters. The molecule has 31 heavy (non-hydrogen) atoms. The van der Waals surface area contributed by atoms with Gasteiger partial charge in [0.1, 0.15) is 12.4 Å². The standard InChI is InChI=1S/C22H22BrN5O2S/c1-16(2)11-12-27-13-14-28(15-27)22-21(24-19-5-3-4-6-20(19)25-22)26-31(29,30)18-9-7-17(23)8-10-18/h3-10,13-16H,11-12H2,1-2H3. The Kier molecular flexibility index (Phi) is 6.06. The number of aromatic nitrogens is 4. The number of nitrogens with zero attached hydrogens (tertiary/aromatic N) is 5. The Morgan fingerprint density at radius 3 is 2.42 bits per heavy atom. The van der Waals surface area contributed by atoms with E-state index in [1.54, 1.807) is 22.8 Å². The number of rotatable bonds is 7. The van der Waals surface area contributed by atoms with Crippen LogP contribution in [0.2, 0.25) is 0 Å². The molecule has 0 aliphatic heterocycles. The van der Waals surface area contributed by atoms with E-state index in [-0.39, 0.29) is 10.7 Å². The van der Waals surface area contributed by atoms with Crippen LogP contribution in [0.3, 0.4) is 0 Å². The van der Waals surface area contributed by atoms with Crippen LogP contribution >= 0.6 is 15.9 Å². The van der Waals surface area contributed by atoms with Crippen molar-refractivity contribution in [3.8, 4) is 5.82 Å². The molecule has 2 heterocycles. The maximum atomic E-state index is 13.0. The van der Waals surface area contributed by atoms with Crippen molar-refractivity contribution in [1.82, 2.24) is 14.5 Å². The van der Waals surface area contributed by atoms with Crippen LogP contribution in [0.4, 0.5) is 5.82 Å². The summed E-state index contributed by atoms with van der Waals surface area (Å²) in [6.45, 7) is 5.21. The Morgan fingerprint density at radius 2 is 1.74 bits per heavy atom. The molecule has 0 fully saturated rings. The third-order valence-electron chi connectivity index (χ3n) is 4.75. The lowest BCUT2D eigenvalue weighted by atomic mass is 10.1. The Labute approximate surface area is 190 Å². The van der Waals surface area contributed by atoms with Crippen molar-refractivity contribution in [1.29, 1.82) is 0 Å². The molecule has 160 valence electrons. The monoisotopic (exact) mass is 499 g/mol. The van der Waals surface area contributed by atoms with E-state index in [0.29, 0.717) is 22.8 Å². The lowest BCUT2D eigenvalue weighted by Crippen LogP contribution is -2.31. The van der Waals surface area contributed by atoms with E-state index in [9.17, 15) is 8.42 Å². The molecule has 0 atom stereocenters. The summed E-state index contributed by atoms with van der Waals surface area (Å²) in [5.74, 6) is 0.994. The Morgan fingerprint density at radius 1 is 1.06 bits per heavy atom. The minimum atomic E-state index is -3.96. The first-order valence-electron chi connectivity index (χ1n) is 9.89. The molecule has 0 amide bonds. The molecule has 0 spiro atoms. The van der Waals surface area contributed by atoms with Crippen molar-refractivity contribution in [3.05, 3.63) is 76.4 Å². The fourth-order valence-corrected chi connectivity index (χ4v) is 4.25. The van der Waals surface area contributed by atoms with Gasteiger partial charge in [0.25, 0.3) is 0 Å². The van der Waals surface area contributed by atoms with Crippen molar-refractivity contribution in [2.45, 2.75) is 31.7 Å². The van der Waals surface area contributed by atoms with Gasteiger partial charge in [0, 0.05) is 10.3 Å². The van der Waals surface area contributed by atoms with E-state index in [0.717, 1.165) is 17.4 Å². The van der Waals surface area contributed by atoms with Crippen LogP contribution in [-0.2, 0) is 16.6 Å². The third-order valence-corrected chi connectivity index (χ3v) is 6.56. The highest BCUT2D eigenvalue weighted by Gasteiger charge is 2.17. The van der Waals surface area contributed by atoms with E-state index in [2.05, 4.69) is 44.5 Å². The summed E-state index contributed by atoms with van der Waals surface area (Å²) in [6.07, 6.45) is 6.69. The zero-order chi connectivity index (χ0) is 22.0. The smallest absolute Gasteiger partial charge is 0.250 e. The molecule has 0 aliphatic rings. The van der Waals surface area contributed by atoms with E-state index in [1.165, 1.54) is 12.1 Å². The van der Waals surface area contributed by atoms with Gasteiger partial charge in [-0.05, 0) is 48.2 Å². The molecule has 9 heteroatoms. The molecule has 7 nitrogen and oxygen atoms in total. The highest BCUT2D eigenvalue weighted by atomic mass is 79.9. The number of hydrogen-bond donors (Lipinski definition) is 0. The summed E-state index contributed by atoms with van der Waals surface area (Å²) in [5, 5.41) is 0. The maximum Gasteiger partial charge on any atom is 0.250 e. The molecule has 0 saturated carbocycles. The molecular weight excluding hydrogens is 478 g/mol. The topological polar surface area (TPSA) is 82.8 Å². The van der Waals surface area contributed by atoms with Gasteiger partial charge in [-0.2, -0.15) is 4.57 Å². The fourth-order valence-electron chi connectivity index (χ4n) is 3.05. The number of fused-ring (bicyclic) bond motifs is 1. The van der Waals surface area contributed by atoms with Crippen molar-refractivity contribution in [3.63, 3.8) is 0 Å².